The number of rotatable bonds is 9. The van der Waals surface area contributed by atoms with Gasteiger partial charge in [0.05, 0.1) is 13.2 Å². The van der Waals surface area contributed by atoms with Gasteiger partial charge < -0.3 is 21.1 Å². The SMILES string of the molecule is C=CCCOCCNC(C)c1ccc(NC(N)=O)cc1. The molecule has 0 heterocycles. The van der Waals surface area contributed by atoms with Gasteiger partial charge in [-0.1, -0.05) is 18.2 Å². The van der Waals surface area contributed by atoms with Gasteiger partial charge in [-0.25, -0.2) is 4.79 Å². The van der Waals surface area contributed by atoms with Crippen molar-refractivity contribution < 1.29 is 9.53 Å². The van der Waals surface area contributed by atoms with Crippen LogP contribution >= 0.6 is 0 Å². The molecule has 0 spiro atoms. The number of nitrogens with one attached hydrogen (secondary N) is 2. The fourth-order valence-corrected chi connectivity index (χ4v) is 1.73. The number of urea groups is 1. The standard InChI is InChI=1S/C15H23N3O2/c1-3-4-10-20-11-9-17-12(2)13-5-7-14(8-6-13)18-15(16)19/h3,5-8,12,17H,1,4,9-11H2,2H3,(H3,16,18,19). The molecule has 0 aliphatic carbocycles. The summed E-state index contributed by atoms with van der Waals surface area (Å²) < 4.78 is 5.43. The largest absolute Gasteiger partial charge is 0.380 e. The van der Waals surface area contributed by atoms with Gasteiger partial charge in [0.25, 0.3) is 0 Å². The average molecular weight is 277 g/mol. The summed E-state index contributed by atoms with van der Waals surface area (Å²) in [7, 11) is 0. The molecule has 0 aromatic heterocycles. The lowest BCUT2D eigenvalue weighted by molar-refractivity contribution is 0.138. The molecule has 0 saturated carbocycles. The van der Waals surface area contributed by atoms with Crippen LogP contribution in [0.15, 0.2) is 36.9 Å². The van der Waals surface area contributed by atoms with Crippen LogP contribution in [0.2, 0.25) is 0 Å². The molecule has 2 amide bonds. The van der Waals surface area contributed by atoms with Crippen molar-refractivity contribution >= 4 is 11.7 Å². The van der Waals surface area contributed by atoms with E-state index in [2.05, 4.69) is 24.1 Å². The number of hydrogen-bond donors (Lipinski definition) is 3. The van der Waals surface area contributed by atoms with E-state index in [0.717, 1.165) is 18.5 Å². The van der Waals surface area contributed by atoms with E-state index < -0.39 is 6.03 Å². The minimum Gasteiger partial charge on any atom is -0.380 e. The average Bonchev–Trinajstić information content (AvgIpc) is 2.42. The van der Waals surface area contributed by atoms with Crippen LogP contribution in [0.3, 0.4) is 0 Å². The van der Waals surface area contributed by atoms with Crippen molar-refractivity contribution in [1.29, 1.82) is 0 Å². The fraction of sp³-hybridized carbons (Fsp3) is 0.400. The van der Waals surface area contributed by atoms with Gasteiger partial charge in [0.15, 0.2) is 0 Å². The van der Waals surface area contributed by atoms with Crippen molar-refractivity contribution in [3.8, 4) is 0 Å². The first-order valence-electron chi connectivity index (χ1n) is 6.72. The number of carbonyl (C=O) groups excluding carboxylic acids is 1. The van der Waals surface area contributed by atoms with Gasteiger partial charge in [-0.2, -0.15) is 0 Å². The van der Waals surface area contributed by atoms with Gasteiger partial charge in [-0.3, -0.25) is 0 Å². The Morgan fingerprint density at radius 3 is 2.70 bits per heavy atom. The maximum atomic E-state index is 10.7. The van der Waals surface area contributed by atoms with Crippen molar-refractivity contribution in [2.45, 2.75) is 19.4 Å². The quantitative estimate of drug-likeness (QED) is 0.479. The lowest BCUT2D eigenvalue weighted by Gasteiger charge is -2.15. The van der Waals surface area contributed by atoms with E-state index in [4.69, 9.17) is 10.5 Å². The smallest absolute Gasteiger partial charge is 0.316 e. The second-order valence-corrected chi connectivity index (χ2v) is 4.48. The number of benzene rings is 1. The zero-order chi connectivity index (χ0) is 14.8. The zero-order valence-corrected chi connectivity index (χ0v) is 11.9. The molecule has 1 aromatic carbocycles. The van der Waals surface area contributed by atoms with Crippen LogP contribution in [0.1, 0.15) is 24.9 Å². The monoisotopic (exact) mass is 277 g/mol. The Morgan fingerprint density at radius 1 is 1.40 bits per heavy atom. The molecule has 0 saturated heterocycles. The van der Waals surface area contributed by atoms with Crippen molar-refractivity contribution in [3.63, 3.8) is 0 Å². The Bertz CT molecular complexity index is 418. The third kappa shape index (κ3) is 6.36. The first-order chi connectivity index (χ1) is 9.63. The molecule has 110 valence electrons. The molecule has 5 nitrogen and oxygen atoms in total. The highest BCUT2D eigenvalue weighted by Crippen LogP contribution is 2.15. The van der Waals surface area contributed by atoms with Crippen LogP contribution in [0.5, 0.6) is 0 Å². The summed E-state index contributed by atoms with van der Waals surface area (Å²) >= 11 is 0. The Labute approximate surface area is 120 Å². The molecule has 4 N–H and O–H groups in total. The molecule has 0 bridgehead atoms. The summed E-state index contributed by atoms with van der Waals surface area (Å²) in [6.07, 6.45) is 2.72. The first kappa shape index (κ1) is 16.2. The van der Waals surface area contributed by atoms with Crippen molar-refractivity contribution in [3.05, 3.63) is 42.5 Å². The van der Waals surface area contributed by atoms with Crippen LogP contribution in [0.25, 0.3) is 0 Å². The van der Waals surface area contributed by atoms with E-state index in [1.807, 2.05) is 30.3 Å². The van der Waals surface area contributed by atoms with Crippen LogP contribution in [0, 0.1) is 0 Å². The van der Waals surface area contributed by atoms with Gasteiger partial charge in [0.1, 0.15) is 0 Å². The maximum absolute atomic E-state index is 10.7. The molecule has 0 radical (unpaired) electrons. The van der Waals surface area contributed by atoms with E-state index in [0.29, 0.717) is 18.9 Å². The Hall–Kier alpha value is -1.85. The van der Waals surface area contributed by atoms with Crippen LogP contribution < -0.4 is 16.4 Å². The van der Waals surface area contributed by atoms with Crippen molar-refractivity contribution in [2.24, 2.45) is 5.73 Å². The van der Waals surface area contributed by atoms with Gasteiger partial charge in [-0.05, 0) is 31.0 Å². The topological polar surface area (TPSA) is 76.4 Å². The lowest BCUT2D eigenvalue weighted by Crippen LogP contribution is -2.23. The fourth-order valence-electron chi connectivity index (χ4n) is 1.73. The van der Waals surface area contributed by atoms with E-state index >= 15 is 0 Å². The van der Waals surface area contributed by atoms with Gasteiger partial charge in [-0.15, -0.1) is 6.58 Å². The maximum Gasteiger partial charge on any atom is 0.316 e. The molecular weight excluding hydrogens is 254 g/mol. The zero-order valence-electron chi connectivity index (χ0n) is 11.9. The summed E-state index contributed by atoms with van der Waals surface area (Å²) in [5.41, 5.74) is 6.90. The summed E-state index contributed by atoms with van der Waals surface area (Å²) in [5.74, 6) is 0. The number of amides is 2. The number of primary amides is 1. The molecule has 1 atom stereocenters. The number of ether oxygens (including phenoxy) is 1. The molecule has 20 heavy (non-hydrogen) atoms. The molecule has 1 aromatic rings. The molecule has 0 aliphatic heterocycles. The Balaban J connectivity index is 2.30. The number of nitrogens with two attached hydrogens (primary N) is 1. The minimum atomic E-state index is -0.555. The van der Waals surface area contributed by atoms with Crippen LogP contribution in [-0.4, -0.2) is 25.8 Å². The van der Waals surface area contributed by atoms with Crippen LogP contribution in [0.4, 0.5) is 10.5 Å². The molecule has 1 rings (SSSR count). The third-order valence-electron chi connectivity index (χ3n) is 2.84. The van der Waals surface area contributed by atoms with Crippen molar-refractivity contribution in [2.75, 3.05) is 25.1 Å². The van der Waals surface area contributed by atoms with Gasteiger partial charge in [0.2, 0.25) is 0 Å². The lowest BCUT2D eigenvalue weighted by atomic mass is 10.1. The summed E-state index contributed by atoms with van der Waals surface area (Å²) in [4.78, 5) is 10.7. The van der Waals surface area contributed by atoms with Gasteiger partial charge in [0, 0.05) is 18.3 Å². The van der Waals surface area contributed by atoms with E-state index in [9.17, 15) is 4.79 Å². The van der Waals surface area contributed by atoms with Crippen molar-refractivity contribution in [1.82, 2.24) is 5.32 Å². The highest BCUT2D eigenvalue weighted by atomic mass is 16.5. The Morgan fingerprint density at radius 2 is 2.10 bits per heavy atom. The molecule has 1 unspecified atom stereocenters. The predicted octanol–water partition coefficient (Wildman–Crippen LogP) is 2.42. The number of carbonyl (C=O) groups is 1. The molecule has 0 aliphatic rings. The normalized spacial score (nSPS) is 11.8. The highest BCUT2D eigenvalue weighted by Gasteiger charge is 2.04. The second-order valence-electron chi connectivity index (χ2n) is 4.48. The second kappa shape index (κ2) is 9.12. The van der Waals surface area contributed by atoms with E-state index in [1.54, 1.807) is 0 Å². The number of anilines is 1. The summed E-state index contributed by atoms with van der Waals surface area (Å²) in [5, 5.41) is 5.91. The third-order valence-corrected chi connectivity index (χ3v) is 2.84. The van der Waals surface area contributed by atoms with Gasteiger partial charge >= 0.3 is 6.03 Å². The molecule has 5 heteroatoms. The molecule has 0 fully saturated rings. The van der Waals surface area contributed by atoms with E-state index in [1.165, 1.54) is 0 Å². The summed E-state index contributed by atoms with van der Waals surface area (Å²) in [6.45, 7) is 7.91. The van der Waals surface area contributed by atoms with E-state index in [-0.39, 0.29) is 6.04 Å². The van der Waals surface area contributed by atoms with Crippen LogP contribution in [-0.2, 0) is 4.74 Å². The Kier molecular flexibility index (Phi) is 7.39. The highest BCUT2D eigenvalue weighted by molar-refractivity contribution is 5.87. The number of hydrogen-bond acceptors (Lipinski definition) is 3. The molecular formula is C15H23N3O2. The minimum absolute atomic E-state index is 0.223. The first-order valence-corrected chi connectivity index (χ1v) is 6.72. The predicted molar refractivity (Wildman–Crippen MR) is 81.7 cm³/mol. The summed E-state index contributed by atoms with van der Waals surface area (Å²) in [6, 6.07) is 7.25.